The molecule has 0 bridgehead atoms. The zero-order chi connectivity index (χ0) is 48.1. The summed E-state index contributed by atoms with van der Waals surface area (Å²) in [6, 6.07) is 9.88. The van der Waals surface area contributed by atoms with Crippen LogP contribution in [-0.2, 0) is 5.41 Å². The second-order valence-corrected chi connectivity index (χ2v) is 30.0. The zero-order valence-electron chi connectivity index (χ0n) is 46.8. The predicted octanol–water partition coefficient (Wildman–Crippen LogP) is 21.6. The molecule has 4 rings (SSSR count). The fourth-order valence-corrected chi connectivity index (χ4v) is 21.8. The molecule has 1 fully saturated rings. The minimum atomic E-state index is -1.91. The molecule has 0 radical (unpaired) electrons. The normalized spacial score (nSPS) is 21.6. The third-order valence-electron chi connectivity index (χ3n) is 17.8. The van der Waals surface area contributed by atoms with E-state index in [1.807, 2.05) is 0 Å². The molecule has 1 saturated carbocycles. The fourth-order valence-electron chi connectivity index (χ4n) is 15.2. The molecule has 0 amide bonds. The lowest BCUT2D eigenvalue weighted by molar-refractivity contribution is 0.121. The molecule has 1 aromatic carbocycles. The van der Waals surface area contributed by atoms with E-state index >= 15 is 0 Å². The standard InChI is InChI=1S/C64H115NSi/c1-13-15-17-19-21-23-25-27-29-31-33-35-37-39-41-45-49-64(50-46-42-40-38-36-34-32-30-28-26-24-22-20-18-16-14-2)59-48-44-43-47-55(59)57-51-58-56(52-60(57)64)53(3)54(4)61(58)66(11,12)65(62(5,6)7)63(8,9)10/h43-44,47-48,51-54,56,58,61H,13-42,45-46,49-50H2,1-12H3. The van der Waals surface area contributed by atoms with Crippen molar-refractivity contribution in [2.45, 2.75) is 323 Å². The van der Waals surface area contributed by atoms with Gasteiger partial charge in [-0.3, -0.25) is 0 Å². The first-order valence-electron chi connectivity index (χ1n) is 30.0. The van der Waals surface area contributed by atoms with Crippen LogP contribution < -0.4 is 0 Å². The van der Waals surface area contributed by atoms with Gasteiger partial charge in [-0.05, 0) is 106 Å². The van der Waals surface area contributed by atoms with Gasteiger partial charge in [-0.1, -0.05) is 283 Å². The van der Waals surface area contributed by atoms with Gasteiger partial charge in [0.15, 0.2) is 0 Å². The third kappa shape index (κ3) is 16.8. The van der Waals surface area contributed by atoms with Gasteiger partial charge >= 0.3 is 0 Å². The highest BCUT2D eigenvalue weighted by Crippen LogP contribution is 2.64. The van der Waals surface area contributed by atoms with E-state index in [0.29, 0.717) is 17.8 Å². The van der Waals surface area contributed by atoms with Gasteiger partial charge in [0.1, 0.15) is 8.24 Å². The topological polar surface area (TPSA) is 3.24 Å². The SMILES string of the molecule is CCCCCCCCCCCCCCCCCCC1(CCCCCCCCCCCCCCCCCC)C2=CC3C(C)C(C)C([Si](C)(C)N(C(C)(C)C)C(C)(C)C)C3C=C2c2ccccc21. The lowest BCUT2D eigenvalue weighted by Crippen LogP contribution is -2.67. The highest BCUT2D eigenvalue weighted by atomic mass is 28.3. The molecule has 5 unspecified atom stereocenters. The van der Waals surface area contributed by atoms with E-state index in [9.17, 15) is 0 Å². The summed E-state index contributed by atoms with van der Waals surface area (Å²) < 4.78 is 3.03. The van der Waals surface area contributed by atoms with Crippen molar-refractivity contribution in [1.82, 2.24) is 4.57 Å². The maximum atomic E-state index is 3.03. The number of unbranched alkanes of at least 4 members (excludes halogenated alkanes) is 30. The molecular weight excluding hydrogens is 811 g/mol. The Balaban J connectivity index is 1.39. The molecule has 380 valence electrons. The highest BCUT2D eigenvalue weighted by Gasteiger charge is 2.59. The molecule has 5 atom stereocenters. The average Bonchev–Trinajstić information content (AvgIpc) is 3.67. The van der Waals surface area contributed by atoms with Crippen LogP contribution in [0, 0.1) is 23.7 Å². The predicted molar refractivity (Wildman–Crippen MR) is 300 cm³/mol. The first-order valence-corrected chi connectivity index (χ1v) is 33.0. The van der Waals surface area contributed by atoms with Crippen molar-refractivity contribution in [2.24, 2.45) is 23.7 Å². The Morgan fingerprint density at radius 2 is 0.803 bits per heavy atom. The largest absolute Gasteiger partial charge is 0.314 e. The molecule has 3 aliphatic carbocycles. The molecule has 0 aromatic heterocycles. The van der Waals surface area contributed by atoms with Crippen molar-refractivity contribution in [2.75, 3.05) is 0 Å². The second kappa shape index (κ2) is 29.3. The molecule has 0 aliphatic heterocycles. The summed E-state index contributed by atoms with van der Waals surface area (Å²) in [5, 5.41) is 0. The molecule has 1 aromatic rings. The second-order valence-electron chi connectivity index (χ2n) is 25.6. The van der Waals surface area contributed by atoms with Crippen molar-refractivity contribution < 1.29 is 0 Å². The smallest absolute Gasteiger partial charge is 0.127 e. The number of allylic oxidation sites excluding steroid dienone is 4. The summed E-state index contributed by atoms with van der Waals surface area (Å²) in [6.45, 7) is 30.4. The summed E-state index contributed by atoms with van der Waals surface area (Å²) in [4.78, 5) is 0. The fraction of sp³-hybridized carbons (Fsp3) is 0.844. The summed E-state index contributed by atoms with van der Waals surface area (Å²) in [6.07, 6.45) is 54.7. The first-order chi connectivity index (χ1) is 31.6. The van der Waals surface area contributed by atoms with Gasteiger partial charge in [-0.2, -0.15) is 0 Å². The lowest BCUT2D eigenvalue weighted by atomic mass is 9.67. The molecule has 0 heterocycles. The minimum absolute atomic E-state index is 0.146. The van der Waals surface area contributed by atoms with E-state index in [2.05, 4.69) is 123 Å². The van der Waals surface area contributed by atoms with Gasteiger partial charge in [0.05, 0.1) is 0 Å². The molecule has 2 heteroatoms. The van der Waals surface area contributed by atoms with Gasteiger partial charge < -0.3 is 4.57 Å². The molecule has 0 N–H and O–H groups in total. The van der Waals surface area contributed by atoms with Crippen LogP contribution >= 0.6 is 0 Å². The molecule has 66 heavy (non-hydrogen) atoms. The van der Waals surface area contributed by atoms with Gasteiger partial charge in [-0.25, -0.2) is 0 Å². The number of nitrogens with zero attached hydrogens (tertiary/aromatic N) is 1. The number of hydrogen-bond donors (Lipinski definition) is 0. The molecule has 0 spiro atoms. The van der Waals surface area contributed by atoms with Crippen molar-refractivity contribution in [3.8, 4) is 0 Å². The summed E-state index contributed by atoms with van der Waals surface area (Å²) in [5.41, 5.74) is 7.96. The van der Waals surface area contributed by atoms with E-state index < -0.39 is 8.24 Å². The number of benzene rings is 1. The van der Waals surface area contributed by atoms with E-state index in [-0.39, 0.29) is 16.5 Å². The van der Waals surface area contributed by atoms with Crippen LogP contribution in [0.15, 0.2) is 42.0 Å². The Morgan fingerprint density at radius 1 is 0.455 bits per heavy atom. The van der Waals surface area contributed by atoms with Crippen molar-refractivity contribution in [3.63, 3.8) is 0 Å². The summed E-state index contributed by atoms with van der Waals surface area (Å²) in [7, 11) is -1.91. The third-order valence-corrected chi connectivity index (χ3v) is 22.8. The quantitative estimate of drug-likeness (QED) is 0.0479. The highest BCUT2D eigenvalue weighted by molar-refractivity contribution is 6.76. The monoisotopic (exact) mass is 926 g/mol. The first kappa shape index (κ1) is 57.5. The minimum Gasteiger partial charge on any atom is -0.314 e. The van der Waals surface area contributed by atoms with Crippen LogP contribution in [0.2, 0.25) is 18.6 Å². The summed E-state index contributed by atoms with van der Waals surface area (Å²) in [5.74, 6) is 2.73. The Labute approximate surface area is 415 Å². The van der Waals surface area contributed by atoms with Crippen LogP contribution in [0.25, 0.3) is 5.57 Å². The van der Waals surface area contributed by atoms with E-state index in [4.69, 9.17) is 0 Å². The van der Waals surface area contributed by atoms with E-state index in [1.165, 1.54) is 218 Å². The van der Waals surface area contributed by atoms with Crippen molar-refractivity contribution in [1.29, 1.82) is 0 Å². The van der Waals surface area contributed by atoms with Crippen LogP contribution in [0.4, 0.5) is 0 Å². The molecule has 3 aliphatic rings. The van der Waals surface area contributed by atoms with Gasteiger partial charge in [0.25, 0.3) is 0 Å². The lowest BCUT2D eigenvalue weighted by Gasteiger charge is -2.57. The molecular formula is C64H115NSi. The Bertz CT molecular complexity index is 1470. The number of hydrogen-bond acceptors (Lipinski definition) is 1. The Hall–Kier alpha value is -1.12. The Kier molecular flexibility index (Phi) is 25.5. The van der Waals surface area contributed by atoms with E-state index in [0.717, 1.165) is 11.5 Å². The van der Waals surface area contributed by atoms with Gasteiger partial charge in [0.2, 0.25) is 0 Å². The van der Waals surface area contributed by atoms with Gasteiger partial charge in [-0.15, -0.1) is 0 Å². The Morgan fingerprint density at radius 3 is 1.17 bits per heavy atom. The maximum absolute atomic E-state index is 3.03. The zero-order valence-corrected chi connectivity index (χ0v) is 47.8. The van der Waals surface area contributed by atoms with E-state index in [1.54, 1.807) is 22.3 Å². The number of rotatable bonds is 36. The number of fused-ring (bicyclic) bond motifs is 4. The maximum Gasteiger partial charge on any atom is 0.127 e. The summed E-state index contributed by atoms with van der Waals surface area (Å²) >= 11 is 0. The molecule has 1 nitrogen and oxygen atoms in total. The van der Waals surface area contributed by atoms with Crippen LogP contribution in [0.5, 0.6) is 0 Å². The van der Waals surface area contributed by atoms with Crippen LogP contribution in [0.3, 0.4) is 0 Å². The van der Waals surface area contributed by atoms with Crippen molar-refractivity contribution in [3.05, 3.63) is 53.1 Å². The van der Waals surface area contributed by atoms with Crippen LogP contribution in [-0.4, -0.2) is 23.9 Å². The van der Waals surface area contributed by atoms with Crippen molar-refractivity contribution >= 4 is 13.8 Å². The molecule has 0 saturated heterocycles. The van der Waals surface area contributed by atoms with Crippen LogP contribution in [0.1, 0.15) is 299 Å². The average molecular weight is 927 g/mol. The van der Waals surface area contributed by atoms with Gasteiger partial charge in [0, 0.05) is 16.5 Å².